The molecule has 0 aliphatic carbocycles. The van der Waals surface area contributed by atoms with Gasteiger partial charge in [0.05, 0.1) is 11.4 Å². The molecule has 0 aliphatic heterocycles. The van der Waals surface area contributed by atoms with Gasteiger partial charge in [-0.15, -0.1) is 0 Å². The maximum absolute atomic E-state index is 12.8. The minimum absolute atomic E-state index is 0.0347. The van der Waals surface area contributed by atoms with Gasteiger partial charge >= 0.3 is 0 Å². The van der Waals surface area contributed by atoms with Crippen molar-refractivity contribution >= 4 is 17.3 Å². The molecular weight excluding hydrogens is 209 g/mol. The SMILES string of the molecule is CNC(=O)CCN(C)c1ccc(F)cc1N. The standard InChI is InChI=1S/C11H16FN3O/c1-14-11(16)5-6-15(2)10-4-3-8(12)7-9(10)13/h3-4,7H,5-6,13H2,1-2H3,(H,14,16). The molecule has 0 heterocycles. The smallest absolute Gasteiger partial charge is 0.221 e. The van der Waals surface area contributed by atoms with E-state index in [9.17, 15) is 9.18 Å². The lowest BCUT2D eigenvalue weighted by molar-refractivity contribution is -0.120. The van der Waals surface area contributed by atoms with E-state index in [1.54, 1.807) is 13.1 Å². The van der Waals surface area contributed by atoms with Gasteiger partial charge in [-0.05, 0) is 18.2 Å². The third kappa shape index (κ3) is 3.12. The molecule has 0 aliphatic rings. The zero-order chi connectivity index (χ0) is 12.1. The monoisotopic (exact) mass is 225 g/mol. The van der Waals surface area contributed by atoms with Crippen LogP contribution in [0.2, 0.25) is 0 Å². The summed E-state index contributed by atoms with van der Waals surface area (Å²) in [5.74, 6) is -0.395. The number of carbonyl (C=O) groups excluding carboxylic acids is 1. The van der Waals surface area contributed by atoms with Gasteiger partial charge in [0.2, 0.25) is 5.91 Å². The fraction of sp³-hybridized carbons (Fsp3) is 0.364. The Morgan fingerprint density at radius 1 is 1.56 bits per heavy atom. The number of nitrogens with one attached hydrogen (secondary N) is 1. The molecule has 0 radical (unpaired) electrons. The van der Waals surface area contributed by atoms with Crippen LogP contribution in [0.15, 0.2) is 18.2 Å². The van der Waals surface area contributed by atoms with Gasteiger partial charge in [-0.1, -0.05) is 0 Å². The van der Waals surface area contributed by atoms with Crippen molar-refractivity contribution in [3.63, 3.8) is 0 Å². The number of nitrogen functional groups attached to an aromatic ring is 1. The third-order valence-electron chi connectivity index (χ3n) is 2.35. The van der Waals surface area contributed by atoms with E-state index in [1.807, 2.05) is 11.9 Å². The van der Waals surface area contributed by atoms with Crippen molar-refractivity contribution < 1.29 is 9.18 Å². The number of anilines is 2. The summed E-state index contributed by atoms with van der Waals surface area (Å²) in [7, 11) is 3.40. The molecule has 16 heavy (non-hydrogen) atoms. The molecule has 0 saturated heterocycles. The summed E-state index contributed by atoms with van der Waals surface area (Å²) >= 11 is 0. The van der Waals surface area contributed by atoms with Crippen LogP contribution in [-0.2, 0) is 4.79 Å². The maximum Gasteiger partial charge on any atom is 0.221 e. The quantitative estimate of drug-likeness (QED) is 0.751. The van der Waals surface area contributed by atoms with Crippen LogP contribution in [0.4, 0.5) is 15.8 Å². The zero-order valence-electron chi connectivity index (χ0n) is 9.46. The van der Waals surface area contributed by atoms with Crippen LogP contribution in [0.1, 0.15) is 6.42 Å². The zero-order valence-corrected chi connectivity index (χ0v) is 9.46. The molecule has 0 fully saturated rings. The fourth-order valence-corrected chi connectivity index (χ4v) is 1.39. The molecule has 0 atom stereocenters. The van der Waals surface area contributed by atoms with Gasteiger partial charge in [0.1, 0.15) is 5.82 Å². The number of carbonyl (C=O) groups is 1. The first-order chi connectivity index (χ1) is 7.54. The summed E-state index contributed by atoms with van der Waals surface area (Å²) in [6, 6.07) is 4.22. The number of nitrogens with zero attached hydrogens (tertiary/aromatic N) is 1. The van der Waals surface area contributed by atoms with Gasteiger partial charge in [0.25, 0.3) is 0 Å². The molecular formula is C11H16FN3O. The number of amides is 1. The molecule has 5 heteroatoms. The molecule has 0 saturated carbocycles. The second-order valence-electron chi connectivity index (χ2n) is 3.55. The molecule has 1 rings (SSSR count). The van der Waals surface area contributed by atoms with E-state index in [-0.39, 0.29) is 11.7 Å². The Morgan fingerprint density at radius 2 is 2.25 bits per heavy atom. The Bertz CT molecular complexity index is 381. The first-order valence-electron chi connectivity index (χ1n) is 5.01. The number of halogens is 1. The summed E-state index contributed by atoms with van der Waals surface area (Å²) in [6.45, 7) is 0.537. The summed E-state index contributed by atoms with van der Waals surface area (Å²) < 4.78 is 12.8. The highest BCUT2D eigenvalue weighted by Gasteiger charge is 2.07. The molecule has 0 unspecified atom stereocenters. The van der Waals surface area contributed by atoms with Gasteiger partial charge in [-0.3, -0.25) is 4.79 Å². The topological polar surface area (TPSA) is 58.4 Å². The number of hydrogen-bond acceptors (Lipinski definition) is 3. The van der Waals surface area contributed by atoms with Gasteiger partial charge in [0, 0.05) is 27.1 Å². The van der Waals surface area contributed by atoms with Crippen LogP contribution in [0, 0.1) is 5.82 Å². The van der Waals surface area contributed by atoms with Gasteiger partial charge < -0.3 is 16.0 Å². The average Bonchev–Trinajstić information content (AvgIpc) is 2.25. The van der Waals surface area contributed by atoms with Crippen LogP contribution in [0.25, 0.3) is 0 Å². The maximum atomic E-state index is 12.8. The van der Waals surface area contributed by atoms with E-state index in [1.165, 1.54) is 12.1 Å². The molecule has 0 aromatic heterocycles. The van der Waals surface area contributed by atoms with Crippen LogP contribution < -0.4 is 16.0 Å². The van der Waals surface area contributed by atoms with Crippen molar-refractivity contribution in [1.82, 2.24) is 5.32 Å². The van der Waals surface area contributed by atoms with E-state index >= 15 is 0 Å². The second kappa shape index (κ2) is 5.34. The molecule has 0 bridgehead atoms. The average molecular weight is 225 g/mol. The highest BCUT2D eigenvalue weighted by atomic mass is 19.1. The van der Waals surface area contributed by atoms with E-state index in [0.717, 1.165) is 5.69 Å². The normalized spacial score (nSPS) is 9.94. The van der Waals surface area contributed by atoms with Crippen molar-refractivity contribution in [2.75, 3.05) is 31.3 Å². The Kier molecular flexibility index (Phi) is 4.10. The number of rotatable bonds is 4. The minimum Gasteiger partial charge on any atom is -0.397 e. The highest BCUT2D eigenvalue weighted by Crippen LogP contribution is 2.22. The Balaban J connectivity index is 2.65. The van der Waals surface area contributed by atoms with Gasteiger partial charge in [-0.2, -0.15) is 0 Å². The largest absolute Gasteiger partial charge is 0.397 e. The van der Waals surface area contributed by atoms with E-state index in [2.05, 4.69) is 5.32 Å². The second-order valence-corrected chi connectivity index (χ2v) is 3.55. The van der Waals surface area contributed by atoms with Crippen molar-refractivity contribution in [2.45, 2.75) is 6.42 Å². The van der Waals surface area contributed by atoms with E-state index in [4.69, 9.17) is 5.73 Å². The van der Waals surface area contributed by atoms with Crippen LogP contribution in [0.5, 0.6) is 0 Å². The Labute approximate surface area is 94.2 Å². The van der Waals surface area contributed by atoms with Gasteiger partial charge in [0.15, 0.2) is 0 Å². The van der Waals surface area contributed by atoms with Crippen molar-refractivity contribution in [2.24, 2.45) is 0 Å². The Hall–Kier alpha value is -1.78. The third-order valence-corrected chi connectivity index (χ3v) is 2.35. The Morgan fingerprint density at radius 3 is 2.81 bits per heavy atom. The molecule has 88 valence electrons. The van der Waals surface area contributed by atoms with Crippen molar-refractivity contribution in [3.8, 4) is 0 Å². The fourth-order valence-electron chi connectivity index (χ4n) is 1.39. The lowest BCUT2D eigenvalue weighted by Gasteiger charge is -2.20. The predicted molar refractivity (Wildman–Crippen MR) is 62.8 cm³/mol. The summed E-state index contributed by atoms with van der Waals surface area (Å²) in [5, 5.41) is 2.54. The lowest BCUT2D eigenvalue weighted by atomic mass is 10.2. The van der Waals surface area contributed by atoms with Crippen molar-refractivity contribution in [1.29, 1.82) is 0 Å². The first-order valence-corrected chi connectivity index (χ1v) is 5.01. The molecule has 1 aromatic carbocycles. The highest BCUT2D eigenvalue weighted by molar-refractivity contribution is 5.76. The number of nitrogens with two attached hydrogens (primary N) is 1. The molecule has 1 amide bonds. The molecule has 0 spiro atoms. The number of benzene rings is 1. The predicted octanol–water partition coefficient (Wildman–Crippen LogP) is 0.980. The molecule has 3 N–H and O–H groups in total. The lowest BCUT2D eigenvalue weighted by Crippen LogP contribution is -2.26. The number of hydrogen-bond donors (Lipinski definition) is 2. The molecule has 4 nitrogen and oxygen atoms in total. The van der Waals surface area contributed by atoms with E-state index in [0.29, 0.717) is 18.7 Å². The summed E-state index contributed by atoms with van der Waals surface area (Å²) in [5.41, 5.74) is 6.78. The van der Waals surface area contributed by atoms with Crippen molar-refractivity contribution in [3.05, 3.63) is 24.0 Å². The van der Waals surface area contributed by atoms with E-state index < -0.39 is 0 Å². The summed E-state index contributed by atoms with van der Waals surface area (Å²) in [6.07, 6.45) is 0.379. The van der Waals surface area contributed by atoms with Crippen LogP contribution in [-0.4, -0.2) is 26.5 Å². The van der Waals surface area contributed by atoms with Crippen LogP contribution >= 0.6 is 0 Å². The first kappa shape index (κ1) is 12.3. The minimum atomic E-state index is -0.360. The van der Waals surface area contributed by atoms with Crippen LogP contribution in [0.3, 0.4) is 0 Å². The van der Waals surface area contributed by atoms with Gasteiger partial charge in [-0.25, -0.2) is 4.39 Å². The summed E-state index contributed by atoms with van der Waals surface area (Å²) in [4.78, 5) is 12.9. The molecule has 1 aromatic rings.